The molecular weight excluding hydrogens is 356 g/mol. The van der Waals surface area contributed by atoms with E-state index in [1.54, 1.807) is 12.1 Å². The number of nitrogens with zero attached hydrogens (tertiary/aromatic N) is 5. The zero-order valence-electron chi connectivity index (χ0n) is 15.7. The third kappa shape index (κ3) is 3.48. The Morgan fingerprint density at radius 1 is 1.14 bits per heavy atom. The summed E-state index contributed by atoms with van der Waals surface area (Å²) >= 11 is 0. The average Bonchev–Trinajstić information content (AvgIpc) is 3.15. The van der Waals surface area contributed by atoms with Crippen LogP contribution in [0.5, 0.6) is 0 Å². The van der Waals surface area contributed by atoms with Crippen molar-refractivity contribution in [2.75, 3.05) is 16.8 Å². The minimum Gasteiger partial charge on any atom is -0.323 e. The molecule has 1 aliphatic heterocycles. The highest BCUT2D eigenvalue weighted by atomic mass is 16.2. The van der Waals surface area contributed by atoms with Crippen LogP contribution in [0.4, 0.5) is 11.4 Å². The van der Waals surface area contributed by atoms with Gasteiger partial charge in [-0.1, -0.05) is 50.2 Å². The molecule has 0 bridgehead atoms. The van der Waals surface area contributed by atoms with Gasteiger partial charge < -0.3 is 5.32 Å². The van der Waals surface area contributed by atoms with Gasteiger partial charge in [0.25, 0.3) is 5.91 Å². The Balaban J connectivity index is 1.51. The Labute approximate surface area is 162 Å². The van der Waals surface area contributed by atoms with Crippen LogP contribution in [0, 0.1) is 0 Å². The lowest BCUT2D eigenvalue weighted by molar-refractivity contribution is -0.122. The van der Waals surface area contributed by atoms with Gasteiger partial charge in [-0.2, -0.15) is 4.80 Å². The second kappa shape index (κ2) is 7.22. The molecule has 0 spiro atoms. The lowest BCUT2D eigenvalue weighted by Crippen LogP contribution is -2.43. The summed E-state index contributed by atoms with van der Waals surface area (Å²) in [4.78, 5) is 27.4. The Hall–Kier alpha value is -3.55. The number of nitrogens with one attached hydrogen (secondary N) is 1. The van der Waals surface area contributed by atoms with Crippen LogP contribution in [0.15, 0.2) is 48.5 Å². The van der Waals surface area contributed by atoms with Crippen LogP contribution >= 0.6 is 0 Å². The summed E-state index contributed by atoms with van der Waals surface area (Å²) in [5.74, 6) is 0.394. The first-order valence-corrected chi connectivity index (χ1v) is 9.08. The first-order valence-electron chi connectivity index (χ1n) is 9.08. The second-order valence-corrected chi connectivity index (χ2v) is 6.97. The van der Waals surface area contributed by atoms with Gasteiger partial charge >= 0.3 is 0 Å². The molecule has 0 unspecified atom stereocenters. The number of tetrazole rings is 1. The van der Waals surface area contributed by atoms with Gasteiger partial charge in [0.1, 0.15) is 13.1 Å². The molecular formula is C20H20N6O2. The van der Waals surface area contributed by atoms with Crippen LogP contribution in [0.1, 0.15) is 25.3 Å². The number of carbonyl (C=O) groups is 2. The number of carbonyl (C=O) groups excluding carboxylic acids is 2. The van der Waals surface area contributed by atoms with Crippen LogP contribution in [0.25, 0.3) is 11.4 Å². The van der Waals surface area contributed by atoms with Crippen molar-refractivity contribution in [3.63, 3.8) is 0 Å². The van der Waals surface area contributed by atoms with Gasteiger partial charge in [0, 0.05) is 5.56 Å². The summed E-state index contributed by atoms with van der Waals surface area (Å²) in [5, 5.41) is 15.1. The lowest BCUT2D eigenvalue weighted by Gasteiger charge is -2.28. The molecule has 0 fully saturated rings. The summed E-state index contributed by atoms with van der Waals surface area (Å²) in [5.41, 5.74) is 3.35. The van der Waals surface area contributed by atoms with Crippen molar-refractivity contribution in [3.05, 3.63) is 54.1 Å². The number of aromatic nitrogens is 4. The van der Waals surface area contributed by atoms with Gasteiger partial charge in [-0.15, -0.1) is 10.2 Å². The van der Waals surface area contributed by atoms with Crippen LogP contribution in [0.3, 0.4) is 0 Å². The Kier molecular flexibility index (Phi) is 4.60. The van der Waals surface area contributed by atoms with Gasteiger partial charge in [0.05, 0.1) is 11.4 Å². The molecule has 2 aromatic carbocycles. The third-order valence-electron chi connectivity index (χ3n) is 4.64. The SMILES string of the molecule is CC(C)c1ccc(-c2nnn(CC(=O)N3CC(=O)Nc4ccccc43)n2)cc1. The van der Waals surface area contributed by atoms with Crippen LogP contribution in [0.2, 0.25) is 0 Å². The van der Waals surface area contributed by atoms with Crippen molar-refractivity contribution >= 4 is 23.2 Å². The number of fused-ring (bicyclic) bond motifs is 1. The molecule has 142 valence electrons. The Bertz CT molecular complexity index is 1030. The smallest absolute Gasteiger partial charge is 0.251 e. The van der Waals surface area contributed by atoms with Gasteiger partial charge in [-0.3, -0.25) is 14.5 Å². The van der Waals surface area contributed by atoms with E-state index >= 15 is 0 Å². The molecule has 3 aromatic rings. The molecule has 0 radical (unpaired) electrons. The van der Waals surface area contributed by atoms with E-state index in [-0.39, 0.29) is 24.9 Å². The molecule has 2 heterocycles. The molecule has 8 heteroatoms. The molecule has 8 nitrogen and oxygen atoms in total. The minimum absolute atomic E-state index is 0.0337. The van der Waals surface area contributed by atoms with Crippen molar-refractivity contribution < 1.29 is 9.59 Å². The second-order valence-electron chi connectivity index (χ2n) is 6.97. The maximum absolute atomic E-state index is 12.8. The van der Waals surface area contributed by atoms with Crippen molar-refractivity contribution in [2.24, 2.45) is 0 Å². The quantitative estimate of drug-likeness (QED) is 0.755. The number of para-hydroxylation sites is 2. The van der Waals surface area contributed by atoms with E-state index in [9.17, 15) is 9.59 Å². The van der Waals surface area contributed by atoms with E-state index in [1.165, 1.54) is 15.3 Å². The monoisotopic (exact) mass is 376 g/mol. The van der Waals surface area contributed by atoms with E-state index in [4.69, 9.17) is 0 Å². The van der Waals surface area contributed by atoms with E-state index in [2.05, 4.69) is 34.6 Å². The number of hydrogen-bond acceptors (Lipinski definition) is 5. The molecule has 0 atom stereocenters. The summed E-state index contributed by atoms with van der Waals surface area (Å²) < 4.78 is 0. The van der Waals surface area contributed by atoms with Gasteiger partial charge in [0.2, 0.25) is 11.7 Å². The molecule has 1 aromatic heterocycles. The van der Waals surface area contributed by atoms with Crippen molar-refractivity contribution in [1.82, 2.24) is 20.2 Å². The fraction of sp³-hybridized carbons (Fsp3) is 0.250. The molecule has 0 saturated heterocycles. The number of amides is 2. The largest absolute Gasteiger partial charge is 0.323 e. The predicted molar refractivity (Wildman–Crippen MR) is 105 cm³/mol. The average molecular weight is 376 g/mol. The molecule has 0 saturated carbocycles. The van der Waals surface area contributed by atoms with E-state index in [0.717, 1.165) is 5.56 Å². The summed E-state index contributed by atoms with van der Waals surface area (Å²) in [6, 6.07) is 15.2. The van der Waals surface area contributed by atoms with Gasteiger partial charge in [-0.25, -0.2) is 0 Å². The molecule has 1 aliphatic rings. The fourth-order valence-corrected chi connectivity index (χ4v) is 3.10. The first kappa shape index (κ1) is 17.8. The highest BCUT2D eigenvalue weighted by Crippen LogP contribution is 2.29. The van der Waals surface area contributed by atoms with Crippen LogP contribution in [-0.4, -0.2) is 38.6 Å². The summed E-state index contributed by atoms with van der Waals surface area (Å²) in [7, 11) is 0. The van der Waals surface area contributed by atoms with E-state index < -0.39 is 0 Å². The van der Waals surface area contributed by atoms with Gasteiger partial charge in [-0.05, 0) is 28.8 Å². The molecule has 2 amide bonds. The molecule has 4 rings (SSSR count). The number of hydrogen-bond donors (Lipinski definition) is 1. The highest BCUT2D eigenvalue weighted by Gasteiger charge is 2.27. The predicted octanol–water partition coefficient (Wildman–Crippen LogP) is 2.45. The summed E-state index contributed by atoms with van der Waals surface area (Å²) in [6.07, 6.45) is 0. The highest BCUT2D eigenvalue weighted by molar-refractivity contribution is 6.09. The summed E-state index contributed by atoms with van der Waals surface area (Å²) in [6.45, 7) is 4.13. The first-order chi connectivity index (χ1) is 13.5. The molecule has 28 heavy (non-hydrogen) atoms. The third-order valence-corrected chi connectivity index (χ3v) is 4.64. The zero-order valence-corrected chi connectivity index (χ0v) is 15.7. The zero-order chi connectivity index (χ0) is 19.7. The molecule has 0 aliphatic carbocycles. The standard InChI is InChI=1S/C20H20N6O2/c1-13(2)14-7-9-15(10-8-14)20-22-24-26(23-20)12-19(28)25-11-18(27)21-16-5-3-4-6-17(16)25/h3-10,13H,11-12H2,1-2H3,(H,21,27). The van der Waals surface area contributed by atoms with Crippen molar-refractivity contribution in [3.8, 4) is 11.4 Å². The maximum Gasteiger partial charge on any atom is 0.251 e. The Morgan fingerprint density at radius 2 is 1.89 bits per heavy atom. The van der Waals surface area contributed by atoms with Gasteiger partial charge in [0.15, 0.2) is 0 Å². The topological polar surface area (TPSA) is 93.0 Å². The number of rotatable bonds is 4. The number of benzene rings is 2. The normalized spacial score (nSPS) is 13.4. The van der Waals surface area contributed by atoms with Crippen LogP contribution < -0.4 is 10.2 Å². The molecule has 1 N–H and O–H groups in total. The van der Waals surface area contributed by atoms with E-state index in [0.29, 0.717) is 23.1 Å². The Morgan fingerprint density at radius 3 is 2.64 bits per heavy atom. The van der Waals surface area contributed by atoms with E-state index in [1.807, 2.05) is 36.4 Å². The maximum atomic E-state index is 12.8. The van der Waals surface area contributed by atoms with Crippen LogP contribution in [-0.2, 0) is 16.1 Å². The van der Waals surface area contributed by atoms with Crippen molar-refractivity contribution in [1.29, 1.82) is 0 Å². The lowest BCUT2D eigenvalue weighted by atomic mass is 10.0. The fourth-order valence-electron chi connectivity index (χ4n) is 3.10. The minimum atomic E-state index is -0.276. The number of anilines is 2. The van der Waals surface area contributed by atoms with Crippen molar-refractivity contribution in [2.45, 2.75) is 26.3 Å².